The molecule has 0 saturated heterocycles. The highest BCUT2D eigenvalue weighted by molar-refractivity contribution is 7.18. The molecule has 2 aromatic rings. The number of methoxy groups -OCH3 is 1. The molecule has 2 rings (SSSR count). The second kappa shape index (κ2) is 5.58. The zero-order chi connectivity index (χ0) is 14.9. The number of thiophene rings is 1. The van der Waals surface area contributed by atoms with Gasteiger partial charge in [0.2, 0.25) is 0 Å². The van der Waals surface area contributed by atoms with Gasteiger partial charge in [0.1, 0.15) is 16.5 Å². The van der Waals surface area contributed by atoms with Gasteiger partial charge in [-0.3, -0.25) is 0 Å². The minimum atomic E-state index is -0.673. The zero-order valence-electron chi connectivity index (χ0n) is 11.0. The van der Waals surface area contributed by atoms with E-state index in [4.69, 9.17) is 5.73 Å². The van der Waals surface area contributed by atoms with E-state index < -0.39 is 17.6 Å². The van der Waals surface area contributed by atoms with E-state index in [9.17, 15) is 13.6 Å². The Hall–Kier alpha value is -1.95. The van der Waals surface area contributed by atoms with Gasteiger partial charge in [-0.05, 0) is 29.7 Å². The first-order valence-electron chi connectivity index (χ1n) is 5.93. The molecule has 0 atom stereocenters. The summed E-state index contributed by atoms with van der Waals surface area (Å²) in [5, 5.41) is 0. The molecule has 3 nitrogen and oxygen atoms in total. The molecule has 0 aliphatic heterocycles. The zero-order valence-corrected chi connectivity index (χ0v) is 11.8. The topological polar surface area (TPSA) is 52.3 Å². The lowest BCUT2D eigenvalue weighted by Crippen LogP contribution is -2.02. The number of rotatable bonds is 3. The van der Waals surface area contributed by atoms with Gasteiger partial charge < -0.3 is 10.5 Å². The van der Waals surface area contributed by atoms with Crippen LogP contribution < -0.4 is 5.73 Å². The molecule has 0 aliphatic carbocycles. The maximum Gasteiger partial charge on any atom is 0.350 e. The smallest absolute Gasteiger partial charge is 0.350 e. The van der Waals surface area contributed by atoms with Crippen molar-refractivity contribution < 1.29 is 18.3 Å². The highest BCUT2D eigenvalue weighted by Gasteiger charge is 2.21. The molecule has 0 saturated carbocycles. The summed E-state index contributed by atoms with van der Waals surface area (Å²) in [6.45, 7) is 1.86. The monoisotopic (exact) mass is 297 g/mol. The molecular formula is C14H13F2NO2S. The van der Waals surface area contributed by atoms with E-state index in [1.165, 1.54) is 19.2 Å². The molecule has 106 valence electrons. The predicted octanol–water partition coefficient (Wildman–Crippen LogP) is 3.62. The lowest BCUT2D eigenvalue weighted by atomic mass is 10.1. The van der Waals surface area contributed by atoms with Gasteiger partial charge in [-0.2, -0.15) is 0 Å². The average Bonchev–Trinajstić information content (AvgIpc) is 2.73. The van der Waals surface area contributed by atoms with Crippen LogP contribution in [-0.2, 0) is 11.2 Å². The number of hydrogen-bond donors (Lipinski definition) is 1. The van der Waals surface area contributed by atoms with E-state index in [0.717, 1.165) is 17.4 Å². The minimum Gasteiger partial charge on any atom is -0.465 e. The maximum atomic E-state index is 13.3. The van der Waals surface area contributed by atoms with E-state index in [1.807, 2.05) is 6.92 Å². The molecule has 2 N–H and O–H groups in total. The largest absolute Gasteiger partial charge is 0.465 e. The number of halogens is 2. The Morgan fingerprint density at radius 1 is 1.30 bits per heavy atom. The molecule has 0 fully saturated rings. The van der Waals surface area contributed by atoms with Gasteiger partial charge in [0, 0.05) is 10.9 Å². The van der Waals surface area contributed by atoms with Gasteiger partial charge in [0.05, 0.1) is 12.8 Å². The first-order chi connectivity index (χ1) is 9.47. The van der Waals surface area contributed by atoms with Gasteiger partial charge in [-0.15, -0.1) is 11.3 Å². The Bertz CT molecular complexity index is 647. The fraction of sp³-hybridized carbons (Fsp3) is 0.214. The van der Waals surface area contributed by atoms with Crippen molar-refractivity contribution in [1.82, 2.24) is 0 Å². The van der Waals surface area contributed by atoms with Crippen molar-refractivity contribution in [1.29, 1.82) is 0 Å². The molecule has 1 heterocycles. The van der Waals surface area contributed by atoms with E-state index in [1.54, 1.807) is 0 Å². The second-order valence-corrected chi connectivity index (χ2v) is 5.18. The lowest BCUT2D eigenvalue weighted by molar-refractivity contribution is 0.0607. The molecule has 1 aromatic carbocycles. The van der Waals surface area contributed by atoms with Gasteiger partial charge in [-0.25, -0.2) is 13.6 Å². The van der Waals surface area contributed by atoms with Crippen molar-refractivity contribution in [3.8, 4) is 10.4 Å². The minimum absolute atomic E-state index is 0.254. The van der Waals surface area contributed by atoms with Gasteiger partial charge in [0.15, 0.2) is 0 Å². The van der Waals surface area contributed by atoms with Crippen LogP contribution >= 0.6 is 11.3 Å². The lowest BCUT2D eigenvalue weighted by Gasteiger charge is -2.03. The van der Waals surface area contributed by atoms with Gasteiger partial charge >= 0.3 is 5.97 Å². The van der Waals surface area contributed by atoms with Crippen molar-refractivity contribution in [2.45, 2.75) is 13.3 Å². The maximum absolute atomic E-state index is 13.3. The first kappa shape index (κ1) is 14.5. The number of ether oxygens (including phenoxy) is 1. The highest BCUT2D eigenvalue weighted by atomic mass is 32.1. The molecule has 6 heteroatoms. The van der Waals surface area contributed by atoms with Gasteiger partial charge in [-0.1, -0.05) is 6.92 Å². The molecule has 0 bridgehead atoms. The summed E-state index contributed by atoms with van der Waals surface area (Å²) in [6, 6.07) is 3.23. The van der Waals surface area contributed by atoms with Crippen LogP contribution in [0.25, 0.3) is 10.4 Å². The SMILES string of the molecule is CCc1c(-c2cc(F)cc(F)c2)sc(C(=O)OC)c1N. The molecule has 20 heavy (non-hydrogen) atoms. The third-order valence-corrected chi connectivity index (χ3v) is 4.17. The Labute approximate surface area is 119 Å². The normalized spacial score (nSPS) is 10.6. The Morgan fingerprint density at radius 3 is 2.40 bits per heavy atom. The van der Waals surface area contributed by atoms with Crippen molar-refractivity contribution in [3.05, 3.63) is 40.3 Å². The van der Waals surface area contributed by atoms with Crippen molar-refractivity contribution >= 4 is 23.0 Å². The Balaban J connectivity index is 2.64. The number of anilines is 1. The summed E-state index contributed by atoms with van der Waals surface area (Å²) in [4.78, 5) is 12.5. The van der Waals surface area contributed by atoms with Crippen LogP contribution in [0.2, 0.25) is 0 Å². The van der Waals surface area contributed by atoms with Crippen LogP contribution in [0.15, 0.2) is 18.2 Å². The first-order valence-corrected chi connectivity index (χ1v) is 6.75. The molecule has 0 radical (unpaired) electrons. The number of carbonyl (C=O) groups is 1. The molecule has 0 spiro atoms. The summed E-state index contributed by atoms with van der Waals surface area (Å²) in [6.07, 6.45) is 0.548. The Morgan fingerprint density at radius 2 is 1.90 bits per heavy atom. The van der Waals surface area contributed by atoms with Crippen LogP contribution in [0.5, 0.6) is 0 Å². The number of nitrogen functional groups attached to an aromatic ring is 1. The van der Waals surface area contributed by atoms with Crippen LogP contribution in [0.1, 0.15) is 22.2 Å². The summed E-state index contributed by atoms with van der Waals surface area (Å²) in [7, 11) is 1.26. The number of esters is 1. The summed E-state index contributed by atoms with van der Waals surface area (Å²) in [5.41, 5.74) is 7.30. The standard InChI is InChI=1S/C14H13F2NO2S/c1-3-10-11(17)13(14(18)19-2)20-12(10)7-4-8(15)6-9(16)5-7/h4-6H,3,17H2,1-2H3. The average molecular weight is 297 g/mol. The molecular weight excluding hydrogens is 284 g/mol. The fourth-order valence-corrected chi connectivity index (χ4v) is 3.21. The molecule has 1 aromatic heterocycles. The predicted molar refractivity (Wildman–Crippen MR) is 74.8 cm³/mol. The Kier molecular flexibility index (Phi) is 4.04. The summed E-state index contributed by atoms with van der Waals surface area (Å²) < 4.78 is 31.3. The van der Waals surface area contributed by atoms with Crippen molar-refractivity contribution in [2.24, 2.45) is 0 Å². The molecule has 0 aliphatic rings. The van der Waals surface area contributed by atoms with Crippen LogP contribution in [0.4, 0.5) is 14.5 Å². The van der Waals surface area contributed by atoms with Crippen LogP contribution in [0, 0.1) is 11.6 Å². The molecule has 0 unspecified atom stereocenters. The summed E-state index contributed by atoms with van der Waals surface area (Å²) in [5.74, 6) is -1.90. The van der Waals surface area contributed by atoms with Crippen molar-refractivity contribution in [2.75, 3.05) is 12.8 Å². The second-order valence-electron chi connectivity index (χ2n) is 4.16. The van der Waals surface area contributed by atoms with Crippen molar-refractivity contribution in [3.63, 3.8) is 0 Å². The number of hydrogen-bond acceptors (Lipinski definition) is 4. The fourth-order valence-electron chi connectivity index (χ4n) is 1.99. The van der Waals surface area contributed by atoms with E-state index in [0.29, 0.717) is 28.1 Å². The quantitative estimate of drug-likeness (QED) is 0.880. The third-order valence-electron chi connectivity index (χ3n) is 2.90. The van der Waals surface area contributed by atoms with Crippen LogP contribution in [0.3, 0.4) is 0 Å². The number of benzene rings is 1. The highest BCUT2D eigenvalue weighted by Crippen LogP contribution is 2.39. The van der Waals surface area contributed by atoms with E-state index in [-0.39, 0.29) is 4.88 Å². The van der Waals surface area contributed by atoms with Gasteiger partial charge in [0.25, 0.3) is 0 Å². The molecule has 0 amide bonds. The summed E-state index contributed by atoms with van der Waals surface area (Å²) >= 11 is 1.08. The van der Waals surface area contributed by atoms with E-state index >= 15 is 0 Å². The number of nitrogens with two attached hydrogens (primary N) is 1. The number of carbonyl (C=O) groups excluding carboxylic acids is 1. The third kappa shape index (κ3) is 2.51. The van der Waals surface area contributed by atoms with E-state index in [2.05, 4.69) is 4.74 Å². The van der Waals surface area contributed by atoms with Crippen LogP contribution in [-0.4, -0.2) is 13.1 Å².